The number of rotatable bonds is 2. The highest BCUT2D eigenvalue weighted by atomic mass is 35.5. The maximum absolute atomic E-state index is 12.4. The number of hydrogen-bond donors (Lipinski definition) is 2. The predicted molar refractivity (Wildman–Crippen MR) is 89.5 cm³/mol. The maximum atomic E-state index is 12.4. The number of nitrogen functional groups attached to an aromatic ring is 1. The summed E-state index contributed by atoms with van der Waals surface area (Å²) in [7, 11) is 0. The van der Waals surface area contributed by atoms with Crippen LogP contribution in [0.5, 0.6) is 0 Å². The lowest BCUT2D eigenvalue weighted by molar-refractivity contribution is 0.102. The van der Waals surface area contributed by atoms with Gasteiger partial charge in [-0.3, -0.25) is 4.79 Å². The molecule has 0 aliphatic heterocycles. The summed E-state index contributed by atoms with van der Waals surface area (Å²) >= 11 is 11.9. The minimum atomic E-state index is -0.268. The molecule has 0 fully saturated rings. The summed E-state index contributed by atoms with van der Waals surface area (Å²) in [5.74, 6) is -0.268. The maximum Gasteiger partial charge on any atom is 0.255 e. The van der Waals surface area contributed by atoms with Gasteiger partial charge in [-0.25, -0.2) is 0 Å². The Morgan fingerprint density at radius 1 is 1.05 bits per heavy atom. The number of nitrogens with one attached hydrogen (secondary N) is 1. The molecule has 2 rings (SSSR count). The van der Waals surface area contributed by atoms with Crippen LogP contribution < -0.4 is 11.1 Å². The van der Waals surface area contributed by atoms with Crippen LogP contribution in [0.15, 0.2) is 24.3 Å². The molecule has 0 atom stereocenters. The van der Waals surface area contributed by atoms with Crippen molar-refractivity contribution in [1.82, 2.24) is 0 Å². The number of anilines is 2. The zero-order valence-electron chi connectivity index (χ0n) is 12.1. The molecule has 0 unspecified atom stereocenters. The highest BCUT2D eigenvalue weighted by Crippen LogP contribution is 2.30. The van der Waals surface area contributed by atoms with Crippen molar-refractivity contribution in [3.05, 3.63) is 56.6 Å². The molecule has 0 radical (unpaired) electrons. The van der Waals surface area contributed by atoms with E-state index in [1.54, 1.807) is 0 Å². The van der Waals surface area contributed by atoms with Crippen molar-refractivity contribution in [3.63, 3.8) is 0 Å². The molecule has 0 aliphatic rings. The molecule has 0 saturated carbocycles. The summed E-state index contributed by atoms with van der Waals surface area (Å²) < 4.78 is 0. The van der Waals surface area contributed by atoms with Gasteiger partial charge in [-0.1, -0.05) is 40.9 Å². The van der Waals surface area contributed by atoms with E-state index in [0.29, 0.717) is 5.56 Å². The minimum Gasteiger partial charge on any atom is -0.397 e. The number of hydrogen-bond acceptors (Lipinski definition) is 2. The molecule has 0 bridgehead atoms. The standard InChI is InChI=1S/C16H16Cl2N2O/c1-8-4-9(2)15(10(3)5-8)20-16(21)11-6-12(17)14(18)13(19)7-11/h4-7H,19H2,1-3H3,(H,20,21). The molecule has 2 aromatic carbocycles. The van der Waals surface area contributed by atoms with Crippen LogP contribution in [0.3, 0.4) is 0 Å². The lowest BCUT2D eigenvalue weighted by Crippen LogP contribution is -2.14. The van der Waals surface area contributed by atoms with Crippen molar-refractivity contribution in [2.24, 2.45) is 0 Å². The average Bonchev–Trinajstić information content (AvgIpc) is 2.39. The quantitative estimate of drug-likeness (QED) is 0.783. The minimum absolute atomic E-state index is 0.260. The van der Waals surface area contributed by atoms with Crippen LogP contribution in [0.1, 0.15) is 27.0 Å². The zero-order valence-corrected chi connectivity index (χ0v) is 13.6. The molecule has 2 aromatic rings. The van der Waals surface area contributed by atoms with Gasteiger partial charge in [-0.2, -0.15) is 0 Å². The second-order valence-corrected chi connectivity index (χ2v) is 5.87. The lowest BCUT2D eigenvalue weighted by Gasteiger charge is -2.13. The van der Waals surface area contributed by atoms with Crippen molar-refractivity contribution in [2.45, 2.75) is 20.8 Å². The second-order valence-electron chi connectivity index (χ2n) is 5.09. The smallest absolute Gasteiger partial charge is 0.255 e. The zero-order chi connectivity index (χ0) is 15.7. The summed E-state index contributed by atoms with van der Waals surface area (Å²) in [5.41, 5.74) is 10.4. The highest BCUT2D eigenvalue weighted by Gasteiger charge is 2.13. The molecule has 110 valence electrons. The third kappa shape index (κ3) is 3.31. The summed E-state index contributed by atoms with van der Waals surface area (Å²) in [6.45, 7) is 5.93. The van der Waals surface area contributed by atoms with E-state index in [0.717, 1.165) is 22.4 Å². The first-order chi connectivity index (χ1) is 9.79. The number of benzene rings is 2. The second kappa shape index (κ2) is 5.96. The highest BCUT2D eigenvalue weighted by molar-refractivity contribution is 6.44. The van der Waals surface area contributed by atoms with Gasteiger partial charge in [0.1, 0.15) is 0 Å². The monoisotopic (exact) mass is 322 g/mol. The number of carbonyl (C=O) groups is 1. The molecule has 0 saturated heterocycles. The van der Waals surface area contributed by atoms with Crippen molar-refractivity contribution in [1.29, 1.82) is 0 Å². The summed E-state index contributed by atoms with van der Waals surface area (Å²) in [5, 5.41) is 3.42. The van der Waals surface area contributed by atoms with E-state index in [1.165, 1.54) is 12.1 Å². The van der Waals surface area contributed by atoms with E-state index in [4.69, 9.17) is 28.9 Å². The van der Waals surface area contributed by atoms with Crippen LogP contribution in [-0.4, -0.2) is 5.91 Å². The van der Waals surface area contributed by atoms with Gasteiger partial charge in [0.25, 0.3) is 5.91 Å². The van der Waals surface area contributed by atoms with E-state index < -0.39 is 0 Å². The van der Waals surface area contributed by atoms with E-state index in [-0.39, 0.29) is 21.6 Å². The Morgan fingerprint density at radius 3 is 2.14 bits per heavy atom. The molecule has 0 aliphatic carbocycles. The van der Waals surface area contributed by atoms with Gasteiger partial charge in [0.05, 0.1) is 15.7 Å². The Labute approximate surface area is 134 Å². The van der Waals surface area contributed by atoms with Gasteiger partial charge in [0.2, 0.25) is 0 Å². The van der Waals surface area contributed by atoms with E-state index in [2.05, 4.69) is 5.32 Å². The molecular formula is C16H16Cl2N2O. The Bertz CT molecular complexity index is 680. The number of carbonyl (C=O) groups excluding carboxylic acids is 1. The van der Waals surface area contributed by atoms with Crippen molar-refractivity contribution >= 4 is 40.5 Å². The predicted octanol–water partition coefficient (Wildman–Crippen LogP) is 4.75. The normalized spacial score (nSPS) is 10.5. The van der Waals surface area contributed by atoms with Crippen molar-refractivity contribution in [3.8, 4) is 0 Å². The van der Waals surface area contributed by atoms with Gasteiger partial charge < -0.3 is 11.1 Å². The summed E-state index contributed by atoms with van der Waals surface area (Å²) in [6, 6.07) is 7.06. The van der Waals surface area contributed by atoms with Crippen LogP contribution in [0.2, 0.25) is 10.0 Å². The third-order valence-electron chi connectivity index (χ3n) is 3.23. The Morgan fingerprint density at radius 2 is 1.62 bits per heavy atom. The molecule has 0 aromatic heterocycles. The molecule has 3 nitrogen and oxygen atoms in total. The molecule has 5 heteroatoms. The average molecular weight is 323 g/mol. The van der Waals surface area contributed by atoms with Crippen molar-refractivity contribution in [2.75, 3.05) is 11.1 Å². The van der Waals surface area contributed by atoms with Crippen LogP contribution in [-0.2, 0) is 0 Å². The topological polar surface area (TPSA) is 55.1 Å². The molecule has 21 heavy (non-hydrogen) atoms. The first kappa shape index (κ1) is 15.7. The molecule has 1 amide bonds. The first-order valence-corrected chi connectivity index (χ1v) is 7.19. The van der Waals surface area contributed by atoms with Gasteiger partial charge >= 0.3 is 0 Å². The van der Waals surface area contributed by atoms with E-state index in [9.17, 15) is 4.79 Å². The number of halogens is 2. The molecule has 3 N–H and O–H groups in total. The molecule has 0 heterocycles. The van der Waals surface area contributed by atoms with Crippen LogP contribution in [0, 0.1) is 20.8 Å². The molecular weight excluding hydrogens is 307 g/mol. The lowest BCUT2D eigenvalue weighted by atomic mass is 10.0. The van der Waals surface area contributed by atoms with Crippen LogP contribution in [0.25, 0.3) is 0 Å². The Balaban J connectivity index is 2.35. The number of aryl methyl sites for hydroxylation is 3. The Kier molecular flexibility index (Phi) is 4.45. The SMILES string of the molecule is Cc1cc(C)c(NC(=O)c2cc(N)c(Cl)c(Cl)c2)c(C)c1. The van der Waals surface area contributed by atoms with E-state index in [1.807, 2.05) is 32.9 Å². The Hall–Kier alpha value is -1.71. The van der Waals surface area contributed by atoms with Gasteiger partial charge in [0, 0.05) is 11.3 Å². The fourth-order valence-corrected chi connectivity index (χ4v) is 2.64. The summed E-state index contributed by atoms with van der Waals surface area (Å²) in [4.78, 5) is 12.4. The first-order valence-electron chi connectivity index (χ1n) is 6.43. The fourth-order valence-electron chi connectivity index (χ4n) is 2.30. The van der Waals surface area contributed by atoms with E-state index >= 15 is 0 Å². The summed E-state index contributed by atoms with van der Waals surface area (Å²) in [6.07, 6.45) is 0. The fraction of sp³-hybridized carbons (Fsp3) is 0.188. The third-order valence-corrected chi connectivity index (χ3v) is 4.05. The van der Waals surface area contributed by atoms with Crippen molar-refractivity contribution < 1.29 is 4.79 Å². The number of amides is 1. The van der Waals surface area contributed by atoms with Gasteiger partial charge in [-0.05, 0) is 44.0 Å². The molecule has 0 spiro atoms. The van der Waals surface area contributed by atoms with Gasteiger partial charge in [-0.15, -0.1) is 0 Å². The van der Waals surface area contributed by atoms with Gasteiger partial charge in [0.15, 0.2) is 0 Å². The largest absolute Gasteiger partial charge is 0.397 e. The van der Waals surface area contributed by atoms with Crippen LogP contribution >= 0.6 is 23.2 Å². The van der Waals surface area contributed by atoms with Crippen LogP contribution in [0.4, 0.5) is 11.4 Å². The number of nitrogens with two attached hydrogens (primary N) is 1.